The number of unbranched alkanes of at least 4 members (excludes halogenated alkanes) is 15. The van der Waals surface area contributed by atoms with E-state index in [0.29, 0.717) is 16.2 Å². The first kappa shape index (κ1) is 27.4. The SMILES string of the molecule is CCCCCCCCCCCCCCCCCC[N+]1(CN2CCCC2=O)SOc2ccccc21. The molecule has 1 atom stereocenters. The van der Waals surface area contributed by atoms with Crippen molar-refractivity contribution in [3.63, 3.8) is 0 Å². The fraction of sp³-hybridized carbons (Fsp3) is 0.759. The molecule has 0 radical (unpaired) electrons. The summed E-state index contributed by atoms with van der Waals surface area (Å²) >= 11 is 1.54. The Balaban J connectivity index is 1.25. The summed E-state index contributed by atoms with van der Waals surface area (Å²) in [6.45, 7) is 4.95. The van der Waals surface area contributed by atoms with E-state index < -0.39 is 0 Å². The summed E-state index contributed by atoms with van der Waals surface area (Å²) in [7, 11) is 0. The van der Waals surface area contributed by atoms with E-state index in [1.165, 1.54) is 121 Å². The third kappa shape index (κ3) is 8.78. The average molecular weight is 490 g/mol. The number of rotatable bonds is 19. The van der Waals surface area contributed by atoms with Crippen LogP contribution in [-0.2, 0) is 4.79 Å². The molecule has 1 unspecified atom stereocenters. The fourth-order valence-corrected chi connectivity index (χ4v) is 6.37. The minimum absolute atomic E-state index is 0.300. The Hall–Kier alpha value is -1.20. The van der Waals surface area contributed by atoms with E-state index in [1.54, 1.807) is 0 Å². The number of likely N-dealkylation sites (tertiary alicyclic amines) is 1. The number of hydrogen-bond donors (Lipinski definition) is 0. The van der Waals surface area contributed by atoms with Gasteiger partial charge in [-0.15, -0.1) is 0 Å². The van der Waals surface area contributed by atoms with E-state index in [4.69, 9.17) is 4.18 Å². The van der Waals surface area contributed by atoms with Crippen LogP contribution in [-0.4, -0.2) is 30.6 Å². The standard InChI is InChI=1S/C29H49N2O2S/c1-2-3-4-5-6-7-8-9-10-11-12-13-14-15-16-19-25-31(26-30-24-20-23-29(30)32)27-21-17-18-22-28(27)33-34-31/h17-18,21-22H,2-16,19-20,23-26H2,1H3/q+1. The van der Waals surface area contributed by atoms with E-state index in [9.17, 15) is 4.79 Å². The van der Waals surface area contributed by atoms with Gasteiger partial charge >= 0.3 is 12.2 Å². The van der Waals surface area contributed by atoms with Gasteiger partial charge in [-0.2, -0.15) is 3.89 Å². The number of para-hydroxylation sites is 2. The predicted octanol–water partition coefficient (Wildman–Crippen LogP) is 8.79. The monoisotopic (exact) mass is 489 g/mol. The maximum Gasteiger partial charge on any atom is 0.321 e. The van der Waals surface area contributed by atoms with Crippen LogP contribution in [0.4, 0.5) is 5.69 Å². The summed E-state index contributed by atoms with van der Waals surface area (Å²) in [5.74, 6) is 1.27. The summed E-state index contributed by atoms with van der Waals surface area (Å²) in [4.78, 5) is 14.4. The van der Waals surface area contributed by atoms with Crippen molar-refractivity contribution in [1.29, 1.82) is 0 Å². The molecule has 192 valence electrons. The Bertz CT molecular complexity index is 713. The molecule has 0 spiro atoms. The van der Waals surface area contributed by atoms with Gasteiger partial charge in [-0.05, 0) is 25.3 Å². The van der Waals surface area contributed by atoms with Crippen LogP contribution < -0.4 is 8.07 Å². The van der Waals surface area contributed by atoms with Crippen LogP contribution in [0.2, 0.25) is 0 Å². The van der Waals surface area contributed by atoms with E-state index in [0.717, 1.165) is 31.9 Å². The van der Waals surface area contributed by atoms with Crippen molar-refractivity contribution in [3.8, 4) is 5.75 Å². The molecule has 1 saturated heterocycles. The smallest absolute Gasteiger partial charge is 0.321 e. The zero-order chi connectivity index (χ0) is 23.9. The first-order chi connectivity index (χ1) is 16.7. The molecule has 0 saturated carbocycles. The molecule has 34 heavy (non-hydrogen) atoms. The Morgan fingerprint density at radius 2 is 1.38 bits per heavy atom. The van der Waals surface area contributed by atoms with Crippen LogP contribution in [0.15, 0.2) is 24.3 Å². The van der Waals surface area contributed by atoms with Crippen molar-refractivity contribution in [3.05, 3.63) is 24.3 Å². The lowest BCUT2D eigenvalue weighted by atomic mass is 10.0. The molecule has 1 amide bonds. The minimum atomic E-state index is 0.300. The summed E-state index contributed by atoms with van der Waals surface area (Å²) in [6, 6.07) is 8.37. The number of quaternary nitrogens is 1. The number of carbonyl (C=O) groups excluding carboxylic acids is 1. The lowest BCUT2D eigenvalue weighted by molar-refractivity contribution is -0.128. The number of nitrogens with zero attached hydrogens (tertiary/aromatic N) is 2. The molecule has 0 aromatic heterocycles. The van der Waals surface area contributed by atoms with Crippen LogP contribution in [0.3, 0.4) is 0 Å². The van der Waals surface area contributed by atoms with Gasteiger partial charge in [0, 0.05) is 19.0 Å². The van der Waals surface area contributed by atoms with Crippen LogP contribution in [0.25, 0.3) is 0 Å². The molecule has 0 aliphatic carbocycles. The Kier molecular flexibility index (Phi) is 12.7. The maximum atomic E-state index is 12.3. The fourth-order valence-electron chi connectivity index (χ4n) is 5.39. The van der Waals surface area contributed by atoms with Gasteiger partial charge in [0.05, 0.1) is 6.54 Å². The Morgan fingerprint density at radius 1 is 0.824 bits per heavy atom. The lowest BCUT2D eigenvalue weighted by Gasteiger charge is -2.32. The van der Waals surface area contributed by atoms with Crippen LogP contribution in [0.5, 0.6) is 5.75 Å². The summed E-state index contributed by atoms with van der Waals surface area (Å²) in [5.41, 5.74) is 1.23. The topological polar surface area (TPSA) is 29.5 Å². The van der Waals surface area contributed by atoms with Gasteiger partial charge in [0.25, 0.3) is 0 Å². The molecule has 4 nitrogen and oxygen atoms in total. The zero-order valence-electron chi connectivity index (χ0n) is 21.8. The first-order valence-electron chi connectivity index (χ1n) is 14.4. The Morgan fingerprint density at radius 3 is 1.94 bits per heavy atom. The third-order valence-electron chi connectivity index (χ3n) is 7.52. The molecule has 5 heteroatoms. The van der Waals surface area contributed by atoms with E-state index in [1.807, 2.05) is 11.0 Å². The van der Waals surface area contributed by atoms with Gasteiger partial charge in [-0.1, -0.05) is 109 Å². The van der Waals surface area contributed by atoms with Crippen LogP contribution in [0, 0.1) is 0 Å². The highest BCUT2D eigenvalue weighted by atomic mass is 32.2. The van der Waals surface area contributed by atoms with Crippen molar-refractivity contribution >= 4 is 23.8 Å². The van der Waals surface area contributed by atoms with Gasteiger partial charge in [-0.3, -0.25) is 9.69 Å². The number of hydrogen-bond acceptors (Lipinski definition) is 3. The number of amides is 1. The van der Waals surface area contributed by atoms with Crippen LogP contribution in [0.1, 0.15) is 122 Å². The normalized spacial score (nSPS) is 19.6. The van der Waals surface area contributed by atoms with Crippen molar-refractivity contribution in [2.45, 2.75) is 122 Å². The van der Waals surface area contributed by atoms with Crippen LogP contribution >= 0.6 is 12.2 Å². The van der Waals surface area contributed by atoms with Gasteiger partial charge in [0.1, 0.15) is 0 Å². The zero-order valence-corrected chi connectivity index (χ0v) is 22.6. The molecule has 1 fully saturated rings. The molecule has 2 aliphatic rings. The van der Waals surface area contributed by atoms with E-state index >= 15 is 0 Å². The number of benzene rings is 1. The second kappa shape index (κ2) is 15.7. The number of carbonyl (C=O) groups is 1. The summed E-state index contributed by atoms with van der Waals surface area (Å²) < 4.78 is 6.70. The highest BCUT2D eigenvalue weighted by Crippen LogP contribution is 2.48. The van der Waals surface area contributed by atoms with Crippen molar-refractivity contribution in [2.75, 3.05) is 19.8 Å². The summed E-state index contributed by atoms with van der Waals surface area (Å²) in [6.07, 6.45) is 23.9. The lowest BCUT2D eigenvalue weighted by Crippen LogP contribution is -2.50. The minimum Gasteiger partial charge on any atom is -0.371 e. The second-order valence-corrected chi connectivity index (χ2v) is 11.5. The molecule has 0 bridgehead atoms. The molecule has 1 aromatic rings. The van der Waals surface area contributed by atoms with Crippen molar-refractivity contribution < 1.29 is 8.98 Å². The van der Waals surface area contributed by atoms with E-state index in [-0.39, 0.29) is 0 Å². The highest BCUT2D eigenvalue weighted by Gasteiger charge is 2.45. The predicted molar refractivity (Wildman–Crippen MR) is 147 cm³/mol. The van der Waals surface area contributed by atoms with Crippen molar-refractivity contribution in [2.24, 2.45) is 0 Å². The first-order valence-corrected chi connectivity index (χ1v) is 15.1. The second-order valence-electron chi connectivity index (χ2n) is 10.4. The Labute approximate surface area is 213 Å². The van der Waals surface area contributed by atoms with Crippen molar-refractivity contribution in [1.82, 2.24) is 8.79 Å². The third-order valence-corrected chi connectivity index (χ3v) is 8.55. The molecule has 2 aliphatic heterocycles. The van der Waals surface area contributed by atoms with Gasteiger partial charge in [0.15, 0.2) is 12.4 Å². The van der Waals surface area contributed by atoms with Gasteiger partial charge < -0.3 is 4.18 Å². The number of fused-ring (bicyclic) bond motifs is 1. The van der Waals surface area contributed by atoms with Gasteiger partial charge in [0.2, 0.25) is 11.7 Å². The van der Waals surface area contributed by atoms with E-state index in [2.05, 4.69) is 25.1 Å². The maximum absolute atomic E-state index is 12.3. The molecule has 3 rings (SSSR count). The average Bonchev–Trinajstić information content (AvgIpc) is 3.42. The quantitative estimate of drug-likeness (QED) is 0.0841. The molecule has 1 aromatic carbocycles. The molecule has 0 N–H and O–H groups in total. The largest absolute Gasteiger partial charge is 0.371 e. The molecule has 2 heterocycles. The highest BCUT2D eigenvalue weighted by molar-refractivity contribution is 7.94. The van der Waals surface area contributed by atoms with Gasteiger partial charge in [-0.25, -0.2) is 0 Å². The molecular weight excluding hydrogens is 440 g/mol. The molecular formula is C29H49N2O2S+. The summed E-state index contributed by atoms with van der Waals surface area (Å²) in [5, 5.41) is 0.